The second kappa shape index (κ2) is 7.08. The Hall–Kier alpha value is -1.95. The first-order valence-corrected chi connectivity index (χ1v) is 8.53. The third kappa shape index (κ3) is 3.69. The number of nitrogens with two attached hydrogens (primary N) is 1. The average molecular weight is 346 g/mol. The van der Waals surface area contributed by atoms with Crippen LogP contribution in [0.1, 0.15) is 17.9 Å². The number of rotatable bonds is 5. The molecule has 0 fully saturated rings. The first kappa shape index (κ1) is 15.9. The lowest BCUT2D eigenvalue weighted by molar-refractivity contribution is -0.117. The number of fused-ring (bicyclic) bond motifs is 1. The van der Waals surface area contributed by atoms with Crippen molar-refractivity contribution in [2.45, 2.75) is 12.3 Å². The van der Waals surface area contributed by atoms with Gasteiger partial charge >= 0.3 is 0 Å². The van der Waals surface area contributed by atoms with E-state index in [0.29, 0.717) is 18.0 Å². The highest BCUT2D eigenvalue weighted by atomic mass is 35.5. The number of aromatic nitrogens is 1. The SMILES string of the molecule is NCCC(C(=O)Nc1ccc2ncsc2c1)c1ccc(Cl)cc1. The van der Waals surface area contributed by atoms with Gasteiger partial charge in [0.05, 0.1) is 21.6 Å². The number of amides is 1. The number of hydrogen-bond acceptors (Lipinski definition) is 4. The summed E-state index contributed by atoms with van der Waals surface area (Å²) in [4.78, 5) is 16.9. The van der Waals surface area contributed by atoms with Crippen LogP contribution in [-0.2, 0) is 4.79 Å². The minimum absolute atomic E-state index is 0.0679. The summed E-state index contributed by atoms with van der Waals surface area (Å²) in [5, 5.41) is 3.62. The predicted molar refractivity (Wildman–Crippen MR) is 96.1 cm³/mol. The molecule has 2 aromatic carbocycles. The zero-order valence-corrected chi connectivity index (χ0v) is 13.9. The zero-order chi connectivity index (χ0) is 16.2. The number of thiazole rings is 1. The molecule has 6 heteroatoms. The van der Waals surface area contributed by atoms with Gasteiger partial charge in [0.15, 0.2) is 0 Å². The summed E-state index contributed by atoms with van der Waals surface area (Å²) in [5.74, 6) is -0.365. The van der Waals surface area contributed by atoms with E-state index in [1.807, 2.05) is 30.3 Å². The highest BCUT2D eigenvalue weighted by Gasteiger charge is 2.20. The first-order chi connectivity index (χ1) is 11.2. The minimum Gasteiger partial charge on any atom is -0.330 e. The van der Waals surface area contributed by atoms with Crippen LogP contribution in [-0.4, -0.2) is 17.4 Å². The first-order valence-electron chi connectivity index (χ1n) is 7.27. The Labute approximate surface area is 143 Å². The summed E-state index contributed by atoms with van der Waals surface area (Å²) in [6, 6.07) is 13.0. The standard InChI is InChI=1S/C17H16ClN3OS/c18-12-3-1-11(2-4-12)14(7-8-19)17(22)21-13-5-6-15-16(9-13)23-10-20-15/h1-6,9-10,14H,7-8,19H2,(H,21,22). The number of carbonyl (C=O) groups is 1. The number of halogens is 1. The van der Waals surface area contributed by atoms with Crippen molar-refractivity contribution in [2.75, 3.05) is 11.9 Å². The normalized spacial score (nSPS) is 12.3. The van der Waals surface area contributed by atoms with Crippen LogP contribution in [0.4, 0.5) is 5.69 Å². The summed E-state index contributed by atoms with van der Waals surface area (Å²) >= 11 is 7.47. The molecule has 1 atom stereocenters. The van der Waals surface area contributed by atoms with E-state index in [0.717, 1.165) is 21.5 Å². The van der Waals surface area contributed by atoms with Crippen molar-refractivity contribution < 1.29 is 4.79 Å². The Bertz CT molecular complexity index is 816. The maximum atomic E-state index is 12.7. The molecule has 1 amide bonds. The summed E-state index contributed by atoms with van der Waals surface area (Å²) < 4.78 is 1.05. The van der Waals surface area contributed by atoms with Gasteiger partial charge in [-0.05, 0) is 48.9 Å². The van der Waals surface area contributed by atoms with Crippen molar-refractivity contribution in [3.05, 3.63) is 58.6 Å². The molecule has 0 bridgehead atoms. The van der Waals surface area contributed by atoms with E-state index in [1.165, 1.54) is 0 Å². The van der Waals surface area contributed by atoms with E-state index < -0.39 is 0 Å². The van der Waals surface area contributed by atoms with Gasteiger partial charge in [0.1, 0.15) is 0 Å². The molecule has 23 heavy (non-hydrogen) atoms. The van der Waals surface area contributed by atoms with Crippen LogP contribution in [0.15, 0.2) is 48.0 Å². The molecule has 0 aliphatic rings. The van der Waals surface area contributed by atoms with E-state index in [4.69, 9.17) is 17.3 Å². The van der Waals surface area contributed by atoms with Crippen molar-refractivity contribution in [3.63, 3.8) is 0 Å². The molecular weight excluding hydrogens is 330 g/mol. The van der Waals surface area contributed by atoms with Gasteiger partial charge in [-0.3, -0.25) is 4.79 Å². The summed E-state index contributed by atoms with van der Waals surface area (Å²) in [6.07, 6.45) is 0.580. The molecule has 0 spiro atoms. The third-order valence-electron chi connectivity index (χ3n) is 3.64. The fourth-order valence-electron chi connectivity index (χ4n) is 2.47. The molecule has 0 radical (unpaired) electrons. The molecule has 1 aromatic heterocycles. The molecular formula is C17H16ClN3OS. The topological polar surface area (TPSA) is 68.0 Å². The lowest BCUT2D eigenvalue weighted by atomic mass is 9.94. The van der Waals surface area contributed by atoms with Gasteiger partial charge < -0.3 is 11.1 Å². The Balaban J connectivity index is 1.81. The molecule has 0 saturated carbocycles. The smallest absolute Gasteiger partial charge is 0.231 e. The van der Waals surface area contributed by atoms with Crippen LogP contribution in [0.5, 0.6) is 0 Å². The van der Waals surface area contributed by atoms with E-state index in [1.54, 1.807) is 29.0 Å². The van der Waals surface area contributed by atoms with Gasteiger partial charge in [-0.25, -0.2) is 4.98 Å². The molecule has 4 nitrogen and oxygen atoms in total. The van der Waals surface area contributed by atoms with Crippen molar-refractivity contribution in [1.29, 1.82) is 0 Å². The molecule has 118 valence electrons. The molecule has 3 rings (SSSR count). The Morgan fingerprint density at radius 3 is 2.78 bits per heavy atom. The number of nitrogens with zero attached hydrogens (tertiary/aromatic N) is 1. The van der Waals surface area contributed by atoms with E-state index in [9.17, 15) is 4.79 Å². The van der Waals surface area contributed by atoms with Gasteiger partial charge in [0.25, 0.3) is 0 Å². The molecule has 3 N–H and O–H groups in total. The Morgan fingerprint density at radius 2 is 2.04 bits per heavy atom. The summed E-state index contributed by atoms with van der Waals surface area (Å²) in [6.45, 7) is 0.439. The third-order valence-corrected chi connectivity index (χ3v) is 4.69. The molecule has 1 heterocycles. The van der Waals surface area contributed by atoms with E-state index >= 15 is 0 Å². The highest BCUT2D eigenvalue weighted by Crippen LogP contribution is 2.25. The quantitative estimate of drug-likeness (QED) is 0.733. The number of hydrogen-bond donors (Lipinski definition) is 2. The number of benzene rings is 2. The summed E-state index contributed by atoms with van der Waals surface area (Å²) in [5.41, 5.74) is 10.1. The average Bonchev–Trinajstić information content (AvgIpc) is 3.01. The van der Waals surface area contributed by atoms with Crippen molar-refractivity contribution in [1.82, 2.24) is 4.98 Å². The minimum atomic E-state index is -0.297. The maximum Gasteiger partial charge on any atom is 0.231 e. The zero-order valence-electron chi connectivity index (χ0n) is 12.3. The fourth-order valence-corrected chi connectivity index (χ4v) is 3.32. The number of nitrogens with one attached hydrogen (secondary N) is 1. The Kier molecular flexibility index (Phi) is 4.91. The number of carbonyl (C=O) groups excluding carboxylic acids is 1. The van der Waals surface area contributed by atoms with Crippen LogP contribution in [0.2, 0.25) is 5.02 Å². The lowest BCUT2D eigenvalue weighted by Gasteiger charge is -2.16. The second-order valence-electron chi connectivity index (χ2n) is 5.21. The van der Waals surface area contributed by atoms with Gasteiger partial charge in [0, 0.05) is 10.7 Å². The maximum absolute atomic E-state index is 12.7. The van der Waals surface area contributed by atoms with Crippen LogP contribution >= 0.6 is 22.9 Å². The molecule has 0 saturated heterocycles. The van der Waals surface area contributed by atoms with Crippen molar-refractivity contribution in [3.8, 4) is 0 Å². The number of anilines is 1. The highest BCUT2D eigenvalue weighted by molar-refractivity contribution is 7.16. The fraction of sp³-hybridized carbons (Fsp3) is 0.176. The molecule has 1 unspecified atom stereocenters. The van der Waals surface area contributed by atoms with Crippen LogP contribution in [0.3, 0.4) is 0 Å². The van der Waals surface area contributed by atoms with Gasteiger partial charge in [0.2, 0.25) is 5.91 Å². The molecule has 0 aliphatic heterocycles. The monoisotopic (exact) mass is 345 g/mol. The second-order valence-corrected chi connectivity index (χ2v) is 6.53. The predicted octanol–water partition coefficient (Wildman–Crippen LogP) is 4.02. The molecule has 0 aliphatic carbocycles. The van der Waals surface area contributed by atoms with Crippen molar-refractivity contribution in [2.24, 2.45) is 5.73 Å². The van der Waals surface area contributed by atoms with Gasteiger partial charge in [-0.2, -0.15) is 0 Å². The molecule has 3 aromatic rings. The van der Waals surface area contributed by atoms with Gasteiger partial charge in [-0.15, -0.1) is 11.3 Å². The van der Waals surface area contributed by atoms with Crippen LogP contribution in [0.25, 0.3) is 10.2 Å². The van der Waals surface area contributed by atoms with E-state index in [-0.39, 0.29) is 11.8 Å². The summed E-state index contributed by atoms with van der Waals surface area (Å²) in [7, 11) is 0. The van der Waals surface area contributed by atoms with E-state index in [2.05, 4.69) is 10.3 Å². The Morgan fingerprint density at radius 1 is 1.26 bits per heavy atom. The largest absolute Gasteiger partial charge is 0.330 e. The van der Waals surface area contributed by atoms with Crippen molar-refractivity contribution >= 4 is 44.7 Å². The van der Waals surface area contributed by atoms with Crippen LogP contribution < -0.4 is 11.1 Å². The van der Waals surface area contributed by atoms with Gasteiger partial charge in [-0.1, -0.05) is 23.7 Å². The van der Waals surface area contributed by atoms with Crippen LogP contribution in [0, 0.1) is 0 Å². The lowest BCUT2D eigenvalue weighted by Crippen LogP contribution is -2.23.